The van der Waals surface area contributed by atoms with E-state index in [0.29, 0.717) is 13.0 Å². The predicted molar refractivity (Wildman–Crippen MR) is 93.4 cm³/mol. The maximum absolute atomic E-state index is 12.8. The Labute approximate surface area is 154 Å². The number of benzene rings is 1. The summed E-state index contributed by atoms with van der Waals surface area (Å²) >= 11 is 0. The predicted octanol–water partition coefficient (Wildman–Crippen LogP) is 1.75. The van der Waals surface area contributed by atoms with Crippen molar-refractivity contribution in [3.63, 3.8) is 0 Å². The summed E-state index contributed by atoms with van der Waals surface area (Å²) < 4.78 is 1.25. The average molecular weight is 373 g/mol. The van der Waals surface area contributed by atoms with E-state index >= 15 is 0 Å². The number of hydrogen-bond donors (Lipinski definition) is 1. The van der Waals surface area contributed by atoms with Gasteiger partial charge in [0.2, 0.25) is 0 Å². The van der Waals surface area contributed by atoms with Crippen molar-refractivity contribution in [2.45, 2.75) is 20.3 Å². The highest BCUT2D eigenvalue weighted by Crippen LogP contribution is 2.39. The summed E-state index contributed by atoms with van der Waals surface area (Å²) in [5, 5.41) is 24.9. The Bertz CT molecular complexity index is 895. The molecule has 10 heteroatoms. The number of hydrogen-bond acceptors (Lipinski definition) is 6. The minimum atomic E-state index is -0.998. The molecule has 0 radical (unpaired) electrons. The van der Waals surface area contributed by atoms with Gasteiger partial charge in [-0.3, -0.25) is 19.7 Å². The highest BCUT2D eigenvalue weighted by atomic mass is 16.6. The summed E-state index contributed by atoms with van der Waals surface area (Å²) in [7, 11) is 0. The van der Waals surface area contributed by atoms with Crippen molar-refractivity contribution in [2.24, 2.45) is 11.3 Å². The molecule has 2 heterocycles. The molecule has 1 aliphatic rings. The first kappa shape index (κ1) is 18.5. The van der Waals surface area contributed by atoms with E-state index in [1.54, 1.807) is 0 Å². The second-order valence-corrected chi connectivity index (χ2v) is 6.89. The van der Waals surface area contributed by atoms with Gasteiger partial charge in [0.05, 0.1) is 10.3 Å². The minimum absolute atomic E-state index is 0.0808. The number of carbonyl (C=O) groups is 2. The van der Waals surface area contributed by atoms with Crippen LogP contribution in [0.15, 0.2) is 30.9 Å². The molecule has 142 valence electrons. The number of nitro benzene ring substituents is 1. The lowest BCUT2D eigenvalue weighted by atomic mass is 9.76. The first-order valence-electron chi connectivity index (χ1n) is 8.42. The Balaban J connectivity index is 1.91. The number of nitro groups is 1. The van der Waals surface area contributed by atoms with Gasteiger partial charge in [0.25, 0.3) is 11.6 Å². The van der Waals surface area contributed by atoms with Gasteiger partial charge in [-0.2, -0.15) is 5.10 Å². The summed E-state index contributed by atoms with van der Waals surface area (Å²) in [6.45, 7) is 4.01. The van der Waals surface area contributed by atoms with Crippen LogP contribution in [0.25, 0.3) is 5.69 Å². The molecule has 0 spiro atoms. The van der Waals surface area contributed by atoms with Gasteiger partial charge in [0.1, 0.15) is 18.3 Å². The fraction of sp³-hybridized carbons (Fsp3) is 0.412. The topological polar surface area (TPSA) is 131 Å². The van der Waals surface area contributed by atoms with Crippen molar-refractivity contribution < 1.29 is 19.6 Å². The van der Waals surface area contributed by atoms with Crippen LogP contribution >= 0.6 is 0 Å². The summed E-state index contributed by atoms with van der Waals surface area (Å²) in [6, 6.07) is 4.10. The molecule has 2 aromatic rings. The number of aromatic nitrogens is 3. The molecule has 10 nitrogen and oxygen atoms in total. The van der Waals surface area contributed by atoms with Crippen molar-refractivity contribution in [2.75, 3.05) is 13.1 Å². The van der Waals surface area contributed by atoms with Crippen LogP contribution in [0.1, 0.15) is 30.6 Å². The molecule has 1 atom stereocenters. The molecular weight excluding hydrogens is 354 g/mol. The molecule has 1 amide bonds. The lowest BCUT2D eigenvalue weighted by Crippen LogP contribution is -2.40. The number of amides is 1. The zero-order valence-corrected chi connectivity index (χ0v) is 14.9. The zero-order valence-electron chi connectivity index (χ0n) is 14.9. The number of carboxylic acids is 1. The van der Waals surface area contributed by atoms with Gasteiger partial charge < -0.3 is 10.0 Å². The fourth-order valence-corrected chi connectivity index (χ4v) is 3.41. The van der Waals surface area contributed by atoms with Crippen molar-refractivity contribution >= 4 is 17.6 Å². The summed E-state index contributed by atoms with van der Waals surface area (Å²) in [5.41, 5.74) is -0.950. The normalized spacial score (nSPS) is 19.4. The van der Waals surface area contributed by atoms with Crippen LogP contribution in [0.3, 0.4) is 0 Å². The largest absolute Gasteiger partial charge is 0.481 e. The molecule has 27 heavy (non-hydrogen) atoms. The van der Waals surface area contributed by atoms with Crippen LogP contribution in [-0.2, 0) is 4.79 Å². The molecule has 1 aliphatic heterocycles. The molecule has 3 rings (SSSR count). The van der Waals surface area contributed by atoms with Gasteiger partial charge in [-0.15, -0.1) is 0 Å². The van der Waals surface area contributed by atoms with Crippen molar-refractivity contribution in [3.05, 3.63) is 46.5 Å². The highest BCUT2D eigenvalue weighted by Gasteiger charge is 2.48. The lowest BCUT2D eigenvalue weighted by molar-refractivity contribution is -0.384. The van der Waals surface area contributed by atoms with E-state index in [4.69, 9.17) is 0 Å². The van der Waals surface area contributed by atoms with Crippen molar-refractivity contribution in [1.29, 1.82) is 0 Å². The van der Waals surface area contributed by atoms with Gasteiger partial charge in [-0.25, -0.2) is 9.67 Å². The monoisotopic (exact) mass is 373 g/mol. The Morgan fingerprint density at radius 3 is 2.63 bits per heavy atom. The third-order valence-electron chi connectivity index (χ3n) is 5.20. The summed E-state index contributed by atoms with van der Waals surface area (Å²) in [6.07, 6.45) is 2.93. The first-order valence-corrected chi connectivity index (χ1v) is 8.42. The van der Waals surface area contributed by atoms with Gasteiger partial charge >= 0.3 is 5.97 Å². The molecule has 0 bridgehead atoms. The number of aliphatic carboxylic acids is 1. The Morgan fingerprint density at radius 1 is 1.37 bits per heavy atom. The molecule has 0 aliphatic carbocycles. The van der Waals surface area contributed by atoms with Crippen LogP contribution in [0, 0.1) is 21.4 Å². The molecule has 1 N–H and O–H groups in total. The maximum atomic E-state index is 12.8. The van der Waals surface area contributed by atoms with Crippen molar-refractivity contribution in [1.82, 2.24) is 19.7 Å². The highest BCUT2D eigenvalue weighted by molar-refractivity contribution is 5.96. The second-order valence-electron chi connectivity index (χ2n) is 6.89. The van der Waals surface area contributed by atoms with E-state index < -0.39 is 22.2 Å². The standard InChI is InChI=1S/C17H19N5O5/c1-11(2)17(16(24)25)5-6-20(8-17)15(23)12-3-4-13(14(7-12)22(26)27)21-10-18-9-19-21/h3-4,7,9-11H,5-6,8H2,1-2H3,(H,24,25). The third-order valence-corrected chi connectivity index (χ3v) is 5.20. The Kier molecular flexibility index (Phi) is 4.64. The van der Waals surface area contributed by atoms with E-state index in [2.05, 4.69) is 10.1 Å². The molecule has 1 unspecified atom stereocenters. The van der Waals surface area contributed by atoms with Gasteiger partial charge in [-0.1, -0.05) is 13.8 Å². The number of nitrogens with zero attached hydrogens (tertiary/aromatic N) is 5. The van der Waals surface area contributed by atoms with Gasteiger partial charge in [0.15, 0.2) is 0 Å². The zero-order chi connectivity index (χ0) is 19.8. The first-order chi connectivity index (χ1) is 12.8. The van der Waals surface area contributed by atoms with Crippen LogP contribution in [-0.4, -0.2) is 54.7 Å². The van der Waals surface area contributed by atoms with E-state index in [1.807, 2.05) is 13.8 Å². The molecule has 1 fully saturated rings. The molecular formula is C17H19N5O5. The number of carbonyl (C=O) groups excluding carboxylic acids is 1. The summed E-state index contributed by atoms with van der Waals surface area (Å²) in [5.74, 6) is -1.50. The minimum Gasteiger partial charge on any atom is -0.481 e. The smallest absolute Gasteiger partial charge is 0.311 e. The van der Waals surface area contributed by atoms with Gasteiger partial charge in [-0.05, 0) is 24.5 Å². The van der Waals surface area contributed by atoms with Crippen LogP contribution in [0.5, 0.6) is 0 Å². The number of likely N-dealkylation sites (tertiary alicyclic amines) is 1. The van der Waals surface area contributed by atoms with Crippen molar-refractivity contribution in [3.8, 4) is 5.69 Å². The molecule has 1 saturated heterocycles. The number of rotatable bonds is 5. The van der Waals surface area contributed by atoms with E-state index in [0.717, 1.165) is 0 Å². The van der Waals surface area contributed by atoms with E-state index in [1.165, 1.54) is 40.4 Å². The van der Waals surface area contributed by atoms with Crippen LogP contribution in [0.2, 0.25) is 0 Å². The summed E-state index contributed by atoms with van der Waals surface area (Å²) in [4.78, 5) is 40.6. The van der Waals surface area contributed by atoms with Gasteiger partial charge in [0, 0.05) is 24.7 Å². The maximum Gasteiger partial charge on any atom is 0.311 e. The fourth-order valence-electron chi connectivity index (χ4n) is 3.41. The van der Waals surface area contributed by atoms with Crippen LogP contribution < -0.4 is 0 Å². The Hall–Kier alpha value is -3.30. The van der Waals surface area contributed by atoms with Crippen LogP contribution in [0.4, 0.5) is 5.69 Å². The Morgan fingerprint density at radius 2 is 2.11 bits per heavy atom. The lowest BCUT2D eigenvalue weighted by Gasteiger charge is -2.28. The third kappa shape index (κ3) is 3.14. The average Bonchev–Trinajstić information content (AvgIpc) is 3.31. The SMILES string of the molecule is CC(C)C1(C(=O)O)CCN(C(=O)c2ccc(-n3cncn3)c([N+](=O)[O-])c2)C1. The second kappa shape index (κ2) is 6.78. The quantitative estimate of drug-likeness (QED) is 0.624. The molecule has 1 aromatic carbocycles. The van der Waals surface area contributed by atoms with E-state index in [-0.39, 0.29) is 29.4 Å². The molecule has 0 saturated carbocycles. The molecule has 1 aromatic heterocycles. The van der Waals surface area contributed by atoms with E-state index in [9.17, 15) is 24.8 Å². The number of carboxylic acid groups (broad SMARTS) is 1.